The van der Waals surface area contributed by atoms with Gasteiger partial charge in [-0.3, -0.25) is 4.57 Å². The number of fused-ring (bicyclic) bond motifs is 3. The van der Waals surface area contributed by atoms with Crippen LogP contribution in [0.5, 0.6) is 0 Å². The van der Waals surface area contributed by atoms with Crippen molar-refractivity contribution < 1.29 is 12.8 Å². The van der Waals surface area contributed by atoms with Crippen LogP contribution in [0, 0.1) is 0 Å². The van der Waals surface area contributed by atoms with Gasteiger partial charge in [0.15, 0.2) is 5.58 Å². The van der Waals surface area contributed by atoms with E-state index >= 15 is 0 Å². The van der Waals surface area contributed by atoms with Crippen LogP contribution in [-0.4, -0.2) is 37.4 Å². The Kier molecular flexibility index (Phi) is 6.21. The highest BCUT2D eigenvalue weighted by atomic mass is 35.5. The fraction of sp³-hybridized carbons (Fsp3) is 0.269. The molecule has 9 heteroatoms. The van der Waals surface area contributed by atoms with E-state index in [1.54, 1.807) is 20.2 Å². The number of hydrogen-bond donors (Lipinski definition) is 0. The lowest BCUT2D eigenvalue weighted by atomic mass is 10.0. The number of para-hydroxylation sites is 1. The van der Waals surface area contributed by atoms with Crippen LogP contribution < -0.4 is 10.7 Å². The van der Waals surface area contributed by atoms with E-state index in [1.165, 1.54) is 32.1 Å². The molecule has 5 rings (SSSR count). The highest BCUT2D eigenvalue weighted by molar-refractivity contribution is 7.89. The Balaban J connectivity index is 1.37. The number of sulfonamides is 1. The van der Waals surface area contributed by atoms with Crippen LogP contribution in [0.15, 0.2) is 74.8 Å². The number of benzene rings is 3. The third-order valence-corrected chi connectivity index (χ3v) is 8.70. The highest BCUT2D eigenvalue weighted by Crippen LogP contribution is 2.37. The molecule has 0 atom stereocenters. The zero-order chi connectivity index (χ0) is 24.7. The molecule has 0 N–H and O–H groups in total. The molecule has 1 aromatic heterocycles. The smallest absolute Gasteiger partial charge is 0.408 e. The van der Waals surface area contributed by atoms with Crippen LogP contribution in [0.4, 0.5) is 11.4 Å². The molecule has 35 heavy (non-hydrogen) atoms. The number of hydrogen-bond acceptors (Lipinski definition) is 5. The lowest BCUT2D eigenvalue weighted by molar-refractivity contribution is 0.463. The minimum Gasteiger partial charge on any atom is -0.408 e. The van der Waals surface area contributed by atoms with Crippen LogP contribution >= 0.6 is 11.6 Å². The summed E-state index contributed by atoms with van der Waals surface area (Å²) in [6.07, 6.45) is 2.47. The molecule has 0 spiro atoms. The molecule has 0 amide bonds. The van der Waals surface area contributed by atoms with Crippen LogP contribution in [-0.2, 0) is 29.9 Å². The van der Waals surface area contributed by atoms with E-state index in [0.717, 1.165) is 24.2 Å². The molecule has 0 radical (unpaired) electrons. The van der Waals surface area contributed by atoms with Gasteiger partial charge in [0.25, 0.3) is 0 Å². The molecule has 0 saturated heterocycles. The second kappa shape index (κ2) is 9.18. The Labute approximate surface area is 209 Å². The van der Waals surface area contributed by atoms with Crippen LogP contribution in [0.2, 0.25) is 5.02 Å². The molecule has 3 aromatic carbocycles. The molecule has 182 valence electrons. The zero-order valence-corrected chi connectivity index (χ0v) is 21.1. The number of rotatable bonds is 6. The van der Waals surface area contributed by atoms with Crippen LogP contribution in [0.1, 0.15) is 17.5 Å². The maximum Gasteiger partial charge on any atom is 0.419 e. The van der Waals surface area contributed by atoms with E-state index in [2.05, 4.69) is 23.1 Å². The van der Waals surface area contributed by atoms with Gasteiger partial charge >= 0.3 is 5.76 Å². The zero-order valence-electron chi connectivity index (χ0n) is 19.6. The molecular formula is C26H26ClN3O4S. The Morgan fingerprint density at radius 3 is 2.54 bits per heavy atom. The monoisotopic (exact) mass is 511 g/mol. The fourth-order valence-corrected chi connectivity index (χ4v) is 6.04. The lowest BCUT2D eigenvalue weighted by Crippen LogP contribution is -2.30. The number of anilines is 2. The first-order valence-corrected chi connectivity index (χ1v) is 13.3. The van der Waals surface area contributed by atoms with Crippen LogP contribution in [0.3, 0.4) is 0 Å². The fourth-order valence-electron chi connectivity index (χ4n) is 4.65. The maximum atomic E-state index is 13.2. The second-order valence-corrected chi connectivity index (χ2v) is 11.3. The van der Waals surface area contributed by atoms with Crippen molar-refractivity contribution in [2.45, 2.75) is 24.2 Å². The van der Waals surface area contributed by atoms with Crippen molar-refractivity contribution in [1.82, 2.24) is 8.87 Å². The molecule has 2 heterocycles. The van der Waals surface area contributed by atoms with Crippen molar-refractivity contribution in [2.24, 2.45) is 7.05 Å². The summed E-state index contributed by atoms with van der Waals surface area (Å²) < 4.78 is 34.3. The van der Waals surface area contributed by atoms with Crippen molar-refractivity contribution in [3.63, 3.8) is 0 Å². The number of aryl methyl sites for hydroxylation is 3. The highest BCUT2D eigenvalue weighted by Gasteiger charge is 2.24. The third kappa shape index (κ3) is 4.37. The molecule has 7 nitrogen and oxygen atoms in total. The number of nitrogens with zero attached hydrogens (tertiary/aromatic N) is 3. The number of oxazole rings is 1. The summed E-state index contributed by atoms with van der Waals surface area (Å²) in [5.41, 5.74) is 5.49. The summed E-state index contributed by atoms with van der Waals surface area (Å²) in [7, 11) is -0.594. The van der Waals surface area contributed by atoms with Gasteiger partial charge in [-0.05, 0) is 60.7 Å². The SMILES string of the molecule is CN(CCCN1c2ccccc2CCc2ccc(Cl)cc21)S(=O)(=O)c1ccc2c(c1)oc(=O)n2C. The third-order valence-electron chi connectivity index (χ3n) is 6.61. The minimum absolute atomic E-state index is 0.0964. The van der Waals surface area contributed by atoms with Crippen molar-refractivity contribution in [3.05, 3.63) is 87.4 Å². The van der Waals surface area contributed by atoms with Crippen molar-refractivity contribution >= 4 is 44.1 Å². The Hall–Kier alpha value is -3.07. The maximum absolute atomic E-state index is 13.2. The van der Waals surface area contributed by atoms with E-state index in [9.17, 15) is 13.2 Å². The first-order chi connectivity index (χ1) is 16.8. The Bertz CT molecular complexity index is 1580. The molecule has 1 aliphatic rings. The largest absolute Gasteiger partial charge is 0.419 e. The second-order valence-electron chi connectivity index (χ2n) is 8.79. The van der Waals surface area contributed by atoms with E-state index in [1.807, 2.05) is 24.3 Å². The summed E-state index contributed by atoms with van der Waals surface area (Å²) >= 11 is 6.34. The van der Waals surface area contributed by atoms with Crippen LogP contribution in [0.25, 0.3) is 11.1 Å². The Morgan fingerprint density at radius 1 is 1.00 bits per heavy atom. The van der Waals surface area contributed by atoms with Gasteiger partial charge in [-0.2, -0.15) is 0 Å². The van der Waals surface area contributed by atoms with Gasteiger partial charge in [-0.25, -0.2) is 17.5 Å². The first-order valence-electron chi connectivity index (χ1n) is 11.5. The predicted octanol–water partition coefficient (Wildman–Crippen LogP) is 4.73. The van der Waals surface area contributed by atoms with Crippen molar-refractivity contribution in [2.75, 3.05) is 25.0 Å². The summed E-state index contributed by atoms with van der Waals surface area (Å²) in [4.78, 5) is 14.1. The minimum atomic E-state index is -3.75. The summed E-state index contributed by atoms with van der Waals surface area (Å²) in [5, 5.41) is 0.677. The van der Waals surface area contributed by atoms with Gasteiger partial charge in [0.05, 0.1) is 10.4 Å². The van der Waals surface area contributed by atoms with Gasteiger partial charge in [-0.15, -0.1) is 0 Å². The summed E-state index contributed by atoms with van der Waals surface area (Å²) in [5.74, 6) is -0.527. The predicted molar refractivity (Wildman–Crippen MR) is 138 cm³/mol. The molecule has 0 fully saturated rings. The molecule has 4 aromatic rings. The van der Waals surface area contributed by atoms with Gasteiger partial charge in [0.2, 0.25) is 10.0 Å². The van der Waals surface area contributed by atoms with E-state index in [0.29, 0.717) is 30.0 Å². The lowest BCUT2D eigenvalue weighted by Gasteiger charge is -2.28. The summed E-state index contributed by atoms with van der Waals surface area (Å²) in [6, 6.07) is 18.8. The molecule has 0 aliphatic carbocycles. The summed E-state index contributed by atoms with van der Waals surface area (Å²) in [6.45, 7) is 0.963. The quantitative estimate of drug-likeness (QED) is 0.374. The van der Waals surface area contributed by atoms with Gasteiger partial charge in [-0.1, -0.05) is 35.9 Å². The molecule has 1 aliphatic heterocycles. The van der Waals surface area contributed by atoms with E-state index < -0.39 is 15.8 Å². The molecular weight excluding hydrogens is 486 g/mol. The Morgan fingerprint density at radius 2 is 1.74 bits per heavy atom. The number of aromatic nitrogens is 1. The normalized spacial score (nSPS) is 13.7. The van der Waals surface area contributed by atoms with E-state index in [4.69, 9.17) is 16.0 Å². The van der Waals surface area contributed by atoms with Crippen molar-refractivity contribution in [3.8, 4) is 0 Å². The average molecular weight is 512 g/mol. The average Bonchev–Trinajstić information content (AvgIpc) is 3.04. The molecule has 0 bridgehead atoms. The van der Waals surface area contributed by atoms with Gasteiger partial charge in [0.1, 0.15) is 0 Å². The molecule has 0 unspecified atom stereocenters. The van der Waals surface area contributed by atoms with E-state index in [-0.39, 0.29) is 10.5 Å². The number of halogens is 1. The first kappa shape index (κ1) is 23.7. The van der Waals surface area contributed by atoms with Gasteiger partial charge in [0, 0.05) is 49.6 Å². The van der Waals surface area contributed by atoms with Gasteiger partial charge < -0.3 is 9.32 Å². The van der Waals surface area contributed by atoms with Crippen molar-refractivity contribution in [1.29, 1.82) is 0 Å². The standard InChI is InChI=1S/C26H26ClN3O4S/c1-28(35(32,33)21-12-13-23-25(17-21)34-26(31)29(23)2)14-5-15-30-22-7-4-3-6-18(22)8-9-19-10-11-20(27)16-24(19)30/h3-4,6-7,10-13,16-17H,5,8-9,14-15H2,1-2H3. The molecule has 0 saturated carbocycles. The topological polar surface area (TPSA) is 75.8 Å².